The first-order chi connectivity index (χ1) is 9.34. The zero-order chi connectivity index (χ0) is 15.2. The summed E-state index contributed by atoms with van der Waals surface area (Å²) in [6, 6.07) is 0.825. The van der Waals surface area contributed by atoms with Gasteiger partial charge in [0.25, 0.3) is 0 Å². The maximum atomic E-state index is 12.6. The molecule has 0 aromatic carbocycles. The van der Waals surface area contributed by atoms with Crippen LogP contribution in [0.5, 0.6) is 0 Å². The van der Waals surface area contributed by atoms with Gasteiger partial charge in [0.05, 0.1) is 11.6 Å². The molecule has 0 radical (unpaired) electrons. The highest BCUT2D eigenvalue weighted by molar-refractivity contribution is 7.80. The SMILES string of the molecule is COCCN(CCC(N)=S)c1nccc(C(F)(F)F)n1. The molecule has 0 spiro atoms. The number of alkyl halides is 3. The Labute approximate surface area is 119 Å². The number of hydrogen-bond acceptors (Lipinski definition) is 5. The molecule has 0 aliphatic carbocycles. The first-order valence-corrected chi connectivity index (χ1v) is 6.18. The maximum absolute atomic E-state index is 12.6. The summed E-state index contributed by atoms with van der Waals surface area (Å²) < 4.78 is 42.8. The van der Waals surface area contributed by atoms with Gasteiger partial charge in [-0.1, -0.05) is 12.2 Å². The van der Waals surface area contributed by atoms with Crippen LogP contribution in [0.25, 0.3) is 0 Å². The normalized spacial score (nSPS) is 11.4. The molecule has 0 saturated heterocycles. The van der Waals surface area contributed by atoms with Gasteiger partial charge in [-0.15, -0.1) is 0 Å². The average Bonchev–Trinajstić information content (AvgIpc) is 2.38. The van der Waals surface area contributed by atoms with Crippen molar-refractivity contribution in [1.82, 2.24) is 9.97 Å². The average molecular weight is 308 g/mol. The van der Waals surface area contributed by atoms with E-state index >= 15 is 0 Å². The van der Waals surface area contributed by atoms with Crippen LogP contribution in [0.2, 0.25) is 0 Å². The molecule has 1 aromatic heterocycles. The minimum atomic E-state index is -4.51. The van der Waals surface area contributed by atoms with E-state index in [0.29, 0.717) is 26.1 Å². The number of hydrogen-bond donors (Lipinski definition) is 1. The summed E-state index contributed by atoms with van der Waals surface area (Å²) in [5.41, 5.74) is 4.41. The van der Waals surface area contributed by atoms with Crippen molar-refractivity contribution in [1.29, 1.82) is 0 Å². The molecule has 1 rings (SSSR count). The minimum absolute atomic E-state index is 0.0203. The lowest BCUT2D eigenvalue weighted by molar-refractivity contribution is -0.141. The second kappa shape index (κ2) is 7.34. The standard InChI is InChI=1S/C11H15F3N4OS/c1-19-7-6-18(5-3-9(15)20)10-16-4-2-8(17-10)11(12,13)14/h2,4H,3,5-7H2,1H3,(H2,15,20). The smallest absolute Gasteiger partial charge is 0.393 e. The van der Waals surface area contributed by atoms with Crippen LogP contribution in [-0.4, -0.2) is 41.8 Å². The van der Waals surface area contributed by atoms with Crippen molar-refractivity contribution in [3.63, 3.8) is 0 Å². The summed E-state index contributed by atoms with van der Waals surface area (Å²) in [6.07, 6.45) is -3.07. The fourth-order valence-corrected chi connectivity index (χ4v) is 1.51. The quantitative estimate of drug-likeness (QED) is 0.772. The summed E-state index contributed by atoms with van der Waals surface area (Å²) in [5.74, 6) is -0.0203. The van der Waals surface area contributed by atoms with E-state index in [1.54, 1.807) is 4.90 Å². The fourth-order valence-electron chi connectivity index (χ4n) is 1.42. The topological polar surface area (TPSA) is 64.3 Å². The van der Waals surface area contributed by atoms with E-state index in [9.17, 15) is 13.2 Å². The summed E-state index contributed by atoms with van der Waals surface area (Å²) >= 11 is 4.76. The lowest BCUT2D eigenvalue weighted by atomic mass is 10.3. The summed E-state index contributed by atoms with van der Waals surface area (Å²) in [7, 11) is 1.50. The number of rotatable bonds is 7. The van der Waals surface area contributed by atoms with Gasteiger partial charge in [0, 0.05) is 32.8 Å². The Morgan fingerprint density at radius 3 is 2.70 bits per heavy atom. The van der Waals surface area contributed by atoms with E-state index in [1.165, 1.54) is 7.11 Å². The fraction of sp³-hybridized carbons (Fsp3) is 0.545. The van der Waals surface area contributed by atoms with Gasteiger partial charge in [-0.2, -0.15) is 13.2 Å². The van der Waals surface area contributed by atoms with Crippen LogP contribution in [0.1, 0.15) is 12.1 Å². The molecule has 112 valence electrons. The number of aromatic nitrogens is 2. The van der Waals surface area contributed by atoms with Crippen molar-refractivity contribution >= 4 is 23.2 Å². The van der Waals surface area contributed by atoms with Crippen molar-refractivity contribution in [3.05, 3.63) is 18.0 Å². The van der Waals surface area contributed by atoms with E-state index in [4.69, 9.17) is 22.7 Å². The maximum Gasteiger partial charge on any atom is 0.433 e. The van der Waals surface area contributed by atoms with Crippen LogP contribution in [0.4, 0.5) is 19.1 Å². The number of nitrogens with two attached hydrogens (primary N) is 1. The van der Waals surface area contributed by atoms with Crippen molar-refractivity contribution in [2.45, 2.75) is 12.6 Å². The van der Waals surface area contributed by atoms with E-state index in [2.05, 4.69) is 9.97 Å². The number of anilines is 1. The second-order valence-electron chi connectivity index (χ2n) is 3.94. The van der Waals surface area contributed by atoms with Gasteiger partial charge in [0.2, 0.25) is 5.95 Å². The molecule has 0 bridgehead atoms. The molecule has 1 heterocycles. The molecule has 0 saturated carbocycles. The van der Waals surface area contributed by atoms with Crippen LogP contribution < -0.4 is 10.6 Å². The third-order valence-electron chi connectivity index (χ3n) is 2.41. The number of nitrogens with zero attached hydrogens (tertiary/aromatic N) is 3. The van der Waals surface area contributed by atoms with Crippen LogP contribution >= 0.6 is 12.2 Å². The van der Waals surface area contributed by atoms with Crippen LogP contribution in [-0.2, 0) is 10.9 Å². The monoisotopic (exact) mass is 308 g/mol. The van der Waals surface area contributed by atoms with Gasteiger partial charge in [-0.05, 0) is 6.07 Å². The van der Waals surface area contributed by atoms with Crippen LogP contribution in [0.3, 0.4) is 0 Å². The molecule has 0 aliphatic rings. The molecular formula is C11H15F3N4OS. The highest BCUT2D eigenvalue weighted by Crippen LogP contribution is 2.28. The van der Waals surface area contributed by atoms with Gasteiger partial charge in [0.1, 0.15) is 5.69 Å². The Hall–Kier alpha value is -1.48. The Morgan fingerprint density at radius 1 is 1.45 bits per heavy atom. The van der Waals surface area contributed by atoms with Gasteiger partial charge in [-0.25, -0.2) is 9.97 Å². The largest absolute Gasteiger partial charge is 0.433 e. The molecule has 20 heavy (non-hydrogen) atoms. The van der Waals surface area contributed by atoms with E-state index in [0.717, 1.165) is 12.3 Å². The molecule has 0 unspecified atom stereocenters. The van der Waals surface area contributed by atoms with E-state index in [1.807, 2.05) is 0 Å². The predicted molar refractivity (Wildman–Crippen MR) is 72.5 cm³/mol. The number of ether oxygens (including phenoxy) is 1. The molecule has 0 amide bonds. The summed E-state index contributed by atoms with van der Waals surface area (Å²) in [6.45, 7) is 1.01. The van der Waals surface area contributed by atoms with Gasteiger partial charge in [-0.3, -0.25) is 0 Å². The van der Waals surface area contributed by atoms with Crippen molar-refractivity contribution in [2.75, 3.05) is 31.7 Å². The zero-order valence-electron chi connectivity index (χ0n) is 10.9. The van der Waals surface area contributed by atoms with E-state index in [-0.39, 0.29) is 10.9 Å². The summed E-state index contributed by atoms with van der Waals surface area (Å²) in [4.78, 5) is 9.22. The Morgan fingerprint density at radius 2 is 2.15 bits per heavy atom. The third-order valence-corrected chi connectivity index (χ3v) is 2.61. The van der Waals surface area contributed by atoms with Crippen LogP contribution in [0, 0.1) is 0 Å². The Bertz CT molecular complexity index is 456. The Balaban J connectivity index is 2.91. The summed E-state index contributed by atoms with van der Waals surface area (Å²) in [5, 5.41) is 0. The van der Waals surface area contributed by atoms with E-state index < -0.39 is 11.9 Å². The number of halogens is 3. The molecule has 5 nitrogen and oxygen atoms in total. The van der Waals surface area contributed by atoms with Crippen molar-refractivity contribution in [2.24, 2.45) is 5.73 Å². The van der Waals surface area contributed by atoms with Gasteiger partial charge >= 0.3 is 6.18 Å². The number of thiocarbonyl (C=S) groups is 1. The lowest BCUT2D eigenvalue weighted by Gasteiger charge is -2.22. The highest BCUT2D eigenvalue weighted by atomic mass is 32.1. The van der Waals surface area contributed by atoms with Gasteiger partial charge in [0.15, 0.2) is 0 Å². The lowest BCUT2D eigenvalue weighted by Crippen LogP contribution is -2.32. The number of methoxy groups -OCH3 is 1. The highest BCUT2D eigenvalue weighted by Gasteiger charge is 2.33. The Kier molecular flexibility index (Phi) is 6.08. The zero-order valence-corrected chi connectivity index (χ0v) is 11.7. The molecule has 0 atom stereocenters. The molecule has 0 aliphatic heterocycles. The van der Waals surface area contributed by atoms with Crippen molar-refractivity contribution in [3.8, 4) is 0 Å². The minimum Gasteiger partial charge on any atom is -0.393 e. The molecule has 0 fully saturated rings. The molecule has 1 aromatic rings. The second-order valence-corrected chi connectivity index (χ2v) is 4.46. The molecular weight excluding hydrogens is 293 g/mol. The first kappa shape index (κ1) is 16.6. The van der Waals surface area contributed by atoms with Crippen LogP contribution in [0.15, 0.2) is 12.3 Å². The predicted octanol–water partition coefficient (Wildman–Crippen LogP) is 1.62. The molecule has 2 N–H and O–H groups in total. The molecule has 9 heteroatoms. The third kappa shape index (κ3) is 5.25. The van der Waals surface area contributed by atoms with Gasteiger partial charge < -0.3 is 15.4 Å². The van der Waals surface area contributed by atoms with Crippen molar-refractivity contribution < 1.29 is 17.9 Å². The first-order valence-electron chi connectivity index (χ1n) is 5.77.